The lowest BCUT2D eigenvalue weighted by molar-refractivity contribution is 0.0343. The molecule has 3 nitrogen and oxygen atoms in total. The highest BCUT2D eigenvalue weighted by molar-refractivity contribution is 6.33. The van der Waals surface area contributed by atoms with Gasteiger partial charge in [-0.2, -0.15) is 0 Å². The van der Waals surface area contributed by atoms with Crippen molar-refractivity contribution in [1.82, 2.24) is 5.32 Å². The number of halogens is 1. The summed E-state index contributed by atoms with van der Waals surface area (Å²) in [5.41, 5.74) is 2.39. The van der Waals surface area contributed by atoms with Gasteiger partial charge in [-0.1, -0.05) is 23.7 Å². The van der Waals surface area contributed by atoms with Crippen LogP contribution in [0.3, 0.4) is 0 Å². The molecule has 0 radical (unpaired) electrons. The first-order chi connectivity index (χ1) is 8.63. The molecule has 1 aromatic rings. The molecule has 0 aliphatic carbocycles. The molecule has 1 saturated heterocycles. The van der Waals surface area contributed by atoms with Gasteiger partial charge in [-0.15, -0.1) is 0 Å². The van der Waals surface area contributed by atoms with Crippen LogP contribution in [0.15, 0.2) is 18.2 Å². The molecular formula is C14H21ClN2O. The fourth-order valence-electron chi connectivity index (χ4n) is 2.43. The number of nitrogens with one attached hydrogen (secondary N) is 1. The maximum atomic E-state index is 6.40. The summed E-state index contributed by atoms with van der Waals surface area (Å²) >= 11 is 6.40. The highest BCUT2D eigenvalue weighted by atomic mass is 35.5. The number of anilines is 1. The van der Waals surface area contributed by atoms with E-state index < -0.39 is 0 Å². The number of morpholine rings is 1. The molecule has 0 bridgehead atoms. The van der Waals surface area contributed by atoms with Gasteiger partial charge in [-0.05, 0) is 32.5 Å². The van der Waals surface area contributed by atoms with Crippen LogP contribution in [0.25, 0.3) is 0 Å². The molecule has 1 aliphatic heterocycles. The van der Waals surface area contributed by atoms with E-state index in [2.05, 4.69) is 30.1 Å². The SMILES string of the molecule is CNCc1cccc(Cl)c1N1CC(C)OCC1C. The van der Waals surface area contributed by atoms with E-state index in [1.165, 1.54) is 5.56 Å². The molecule has 1 aromatic carbocycles. The fraction of sp³-hybridized carbons (Fsp3) is 0.571. The number of rotatable bonds is 3. The number of para-hydroxylation sites is 1. The smallest absolute Gasteiger partial charge is 0.0723 e. The normalized spacial score (nSPS) is 24.3. The van der Waals surface area contributed by atoms with Crippen LogP contribution in [0, 0.1) is 0 Å². The van der Waals surface area contributed by atoms with E-state index in [9.17, 15) is 0 Å². The lowest BCUT2D eigenvalue weighted by atomic mass is 10.1. The van der Waals surface area contributed by atoms with Crippen LogP contribution in [-0.2, 0) is 11.3 Å². The van der Waals surface area contributed by atoms with Crippen LogP contribution in [0.4, 0.5) is 5.69 Å². The van der Waals surface area contributed by atoms with Crippen molar-refractivity contribution in [2.24, 2.45) is 0 Å². The molecular weight excluding hydrogens is 248 g/mol. The summed E-state index contributed by atoms with van der Waals surface area (Å²) in [6.45, 7) is 6.76. The summed E-state index contributed by atoms with van der Waals surface area (Å²) in [5, 5.41) is 4.02. The first-order valence-electron chi connectivity index (χ1n) is 6.43. The fourth-order valence-corrected chi connectivity index (χ4v) is 2.73. The molecule has 2 atom stereocenters. The van der Waals surface area contributed by atoms with Gasteiger partial charge in [0.2, 0.25) is 0 Å². The Morgan fingerprint density at radius 2 is 2.22 bits per heavy atom. The van der Waals surface area contributed by atoms with Crippen molar-refractivity contribution >= 4 is 17.3 Å². The lowest BCUT2D eigenvalue weighted by Crippen LogP contribution is -2.48. The zero-order valence-corrected chi connectivity index (χ0v) is 12.0. The van der Waals surface area contributed by atoms with Crippen molar-refractivity contribution in [3.63, 3.8) is 0 Å². The number of ether oxygens (including phenoxy) is 1. The highest BCUT2D eigenvalue weighted by Crippen LogP contribution is 2.33. The van der Waals surface area contributed by atoms with Crippen molar-refractivity contribution in [2.75, 3.05) is 25.1 Å². The Bertz CT molecular complexity index is 411. The summed E-state index contributed by atoms with van der Waals surface area (Å²) < 4.78 is 5.68. The molecule has 1 N–H and O–H groups in total. The third-order valence-corrected chi connectivity index (χ3v) is 3.64. The quantitative estimate of drug-likeness (QED) is 0.912. The number of nitrogens with zero attached hydrogens (tertiary/aromatic N) is 1. The predicted octanol–water partition coefficient (Wildman–Crippen LogP) is 2.67. The van der Waals surface area contributed by atoms with Gasteiger partial charge in [0.15, 0.2) is 0 Å². The number of hydrogen-bond donors (Lipinski definition) is 1. The van der Waals surface area contributed by atoms with Crippen molar-refractivity contribution in [2.45, 2.75) is 32.5 Å². The van der Waals surface area contributed by atoms with Gasteiger partial charge in [0, 0.05) is 19.1 Å². The zero-order chi connectivity index (χ0) is 13.1. The summed E-state index contributed by atoms with van der Waals surface area (Å²) in [6.07, 6.45) is 0.250. The predicted molar refractivity (Wildman–Crippen MR) is 76.4 cm³/mol. The molecule has 0 aromatic heterocycles. The van der Waals surface area contributed by atoms with Gasteiger partial charge in [0.1, 0.15) is 0 Å². The topological polar surface area (TPSA) is 24.5 Å². The summed E-state index contributed by atoms with van der Waals surface area (Å²) in [7, 11) is 1.95. The molecule has 4 heteroatoms. The van der Waals surface area contributed by atoms with Crippen molar-refractivity contribution in [3.8, 4) is 0 Å². The van der Waals surface area contributed by atoms with E-state index in [1.54, 1.807) is 0 Å². The molecule has 1 heterocycles. The van der Waals surface area contributed by atoms with Gasteiger partial charge < -0.3 is 15.0 Å². The van der Waals surface area contributed by atoms with Gasteiger partial charge in [0.25, 0.3) is 0 Å². The Kier molecular flexibility index (Phi) is 4.49. The van der Waals surface area contributed by atoms with Gasteiger partial charge in [0.05, 0.1) is 23.4 Å². The van der Waals surface area contributed by atoms with Gasteiger partial charge >= 0.3 is 0 Å². The molecule has 1 fully saturated rings. The van der Waals surface area contributed by atoms with Gasteiger partial charge in [-0.3, -0.25) is 0 Å². The van der Waals surface area contributed by atoms with E-state index in [4.69, 9.17) is 16.3 Å². The molecule has 0 spiro atoms. The Balaban J connectivity index is 2.35. The summed E-state index contributed by atoms with van der Waals surface area (Å²) in [6, 6.07) is 6.46. The minimum atomic E-state index is 0.250. The first kappa shape index (κ1) is 13.7. The van der Waals surface area contributed by atoms with Crippen LogP contribution >= 0.6 is 11.6 Å². The molecule has 1 aliphatic rings. The standard InChI is InChI=1S/C14H21ClN2O/c1-10-9-18-11(2)8-17(10)14-12(7-16-3)5-4-6-13(14)15/h4-6,10-11,16H,7-9H2,1-3H3. The second-order valence-corrected chi connectivity index (χ2v) is 5.33. The largest absolute Gasteiger partial charge is 0.375 e. The number of benzene rings is 1. The van der Waals surface area contributed by atoms with Crippen LogP contribution in [0.2, 0.25) is 5.02 Å². The average Bonchev–Trinajstić information content (AvgIpc) is 2.34. The Morgan fingerprint density at radius 3 is 2.94 bits per heavy atom. The molecule has 2 rings (SSSR count). The second kappa shape index (κ2) is 5.91. The highest BCUT2D eigenvalue weighted by Gasteiger charge is 2.26. The van der Waals surface area contributed by atoms with Crippen molar-refractivity contribution in [3.05, 3.63) is 28.8 Å². The van der Waals surface area contributed by atoms with Gasteiger partial charge in [-0.25, -0.2) is 0 Å². The maximum absolute atomic E-state index is 6.40. The van der Waals surface area contributed by atoms with E-state index in [0.29, 0.717) is 6.04 Å². The van der Waals surface area contributed by atoms with E-state index in [1.807, 2.05) is 19.2 Å². The molecule has 2 unspecified atom stereocenters. The van der Waals surface area contributed by atoms with E-state index in [-0.39, 0.29) is 6.10 Å². The Labute approximate surface area is 114 Å². The monoisotopic (exact) mass is 268 g/mol. The maximum Gasteiger partial charge on any atom is 0.0723 e. The molecule has 100 valence electrons. The molecule has 18 heavy (non-hydrogen) atoms. The average molecular weight is 269 g/mol. The molecule has 0 saturated carbocycles. The zero-order valence-electron chi connectivity index (χ0n) is 11.2. The second-order valence-electron chi connectivity index (χ2n) is 4.92. The minimum Gasteiger partial charge on any atom is -0.375 e. The first-order valence-corrected chi connectivity index (χ1v) is 6.81. The van der Waals surface area contributed by atoms with E-state index >= 15 is 0 Å². The number of hydrogen-bond acceptors (Lipinski definition) is 3. The summed E-state index contributed by atoms with van der Waals surface area (Å²) in [4.78, 5) is 2.36. The third-order valence-electron chi connectivity index (χ3n) is 3.33. The van der Waals surface area contributed by atoms with E-state index in [0.717, 1.165) is 30.4 Å². The lowest BCUT2D eigenvalue weighted by Gasteiger charge is -2.40. The van der Waals surface area contributed by atoms with Crippen LogP contribution in [0.5, 0.6) is 0 Å². The Hall–Kier alpha value is -0.770. The Morgan fingerprint density at radius 1 is 1.44 bits per heavy atom. The van der Waals surface area contributed by atoms with Crippen molar-refractivity contribution < 1.29 is 4.74 Å². The summed E-state index contributed by atoms with van der Waals surface area (Å²) in [5.74, 6) is 0. The van der Waals surface area contributed by atoms with Crippen LogP contribution < -0.4 is 10.2 Å². The van der Waals surface area contributed by atoms with Crippen LogP contribution in [-0.4, -0.2) is 32.3 Å². The molecule has 0 amide bonds. The minimum absolute atomic E-state index is 0.250. The van der Waals surface area contributed by atoms with Crippen LogP contribution in [0.1, 0.15) is 19.4 Å². The van der Waals surface area contributed by atoms with Crippen molar-refractivity contribution in [1.29, 1.82) is 0 Å². The third kappa shape index (κ3) is 2.79.